The molecule has 200 valence electrons. The Labute approximate surface area is 210 Å². The van der Waals surface area contributed by atoms with Gasteiger partial charge >= 0.3 is 19.8 Å². The lowest BCUT2D eigenvalue weighted by atomic mass is 10.2. The second-order valence-corrected chi connectivity index (χ2v) is 9.17. The first-order chi connectivity index (χ1) is 16.8. The van der Waals surface area contributed by atoms with Gasteiger partial charge in [-0.15, -0.1) is 0 Å². The van der Waals surface area contributed by atoms with Crippen molar-refractivity contribution in [1.82, 2.24) is 0 Å². The van der Waals surface area contributed by atoms with Crippen LogP contribution in [-0.4, -0.2) is 41.0 Å². The molecule has 35 heavy (non-hydrogen) atoms. The molecule has 0 aliphatic rings. The highest BCUT2D eigenvalue weighted by Crippen LogP contribution is 2.35. The van der Waals surface area contributed by atoms with Crippen LogP contribution in [0.25, 0.3) is 0 Å². The predicted molar refractivity (Wildman–Crippen MR) is 138 cm³/mol. The van der Waals surface area contributed by atoms with E-state index in [1.165, 1.54) is 0 Å². The molecule has 0 spiro atoms. The van der Waals surface area contributed by atoms with Crippen LogP contribution in [0.1, 0.15) is 84.5 Å². The molecule has 0 rings (SSSR count). The monoisotopic (exact) mass is 514 g/mol. The molecular formula is C26H43O8P. The van der Waals surface area contributed by atoms with Crippen LogP contribution in [0.5, 0.6) is 0 Å². The topological polar surface area (TPSA) is 119 Å². The summed E-state index contributed by atoms with van der Waals surface area (Å²) < 4.78 is 25.6. The van der Waals surface area contributed by atoms with Crippen molar-refractivity contribution in [2.45, 2.75) is 90.6 Å². The maximum absolute atomic E-state index is 12.1. The second kappa shape index (κ2) is 22.5. The van der Waals surface area contributed by atoms with E-state index >= 15 is 0 Å². The minimum atomic E-state index is -4.73. The first kappa shape index (κ1) is 33.0. The summed E-state index contributed by atoms with van der Waals surface area (Å²) in [5, 5.41) is 0. The highest BCUT2D eigenvalue weighted by Gasteiger charge is 2.22. The Balaban J connectivity index is 4.11. The van der Waals surface area contributed by atoms with Gasteiger partial charge in [-0.1, -0.05) is 68.9 Å². The standard InChI is InChI=1S/C26H43O8P/c1-3-5-7-8-9-10-11-12-13-14-15-16-17-18-19-21-26(28)34-24(23-33-35(29,30)31)22-32-25(27)20-6-4-2/h5,7,9-10,12-13,15-16,24H,3-4,6,8,11,14,17-23H2,1-2H3,(H2,29,30,31)/b7-5-,10-9-,13-12-,16-15-. The Kier molecular flexibility index (Phi) is 21.2. The molecule has 8 nitrogen and oxygen atoms in total. The van der Waals surface area contributed by atoms with E-state index in [4.69, 9.17) is 19.3 Å². The van der Waals surface area contributed by atoms with Gasteiger partial charge < -0.3 is 19.3 Å². The fourth-order valence-corrected chi connectivity index (χ4v) is 3.11. The van der Waals surface area contributed by atoms with Crippen molar-refractivity contribution in [1.29, 1.82) is 0 Å². The molecule has 0 aliphatic heterocycles. The number of unbranched alkanes of at least 4 members (excludes halogenated alkanes) is 3. The second-order valence-electron chi connectivity index (χ2n) is 7.93. The number of rotatable bonds is 21. The molecule has 0 saturated carbocycles. The lowest BCUT2D eigenvalue weighted by molar-refractivity contribution is -0.161. The van der Waals surface area contributed by atoms with Crippen molar-refractivity contribution >= 4 is 19.8 Å². The quantitative estimate of drug-likeness (QED) is 0.0815. The fraction of sp³-hybridized carbons (Fsp3) is 0.615. The minimum absolute atomic E-state index is 0.156. The molecule has 0 saturated heterocycles. The molecule has 0 amide bonds. The highest BCUT2D eigenvalue weighted by atomic mass is 31.2. The van der Waals surface area contributed by atoms with E-state index in [1.54, 1.807) is 0 Å². The number of phosphoric ester groups is 1. The molecule has 0 fully saturated rings. The van der Waals surface area contributed by atoms with E-state index < -0.39 is 32.5 Å². The molecule has 0 aromatic heterocycles. The Morgan fingerprint density at radius 2 is 1.34 bits per heavy atom. The Morgan fingerprint density at radius 1 is 0.771 bits per heavy atom. The Bertz CT molecular complexity index is 721. The zero-order chi connectivity index (χ0) is 26.2. The van der Waals surface area contributed by atoms with Crippen molar-refractivity contribution in [2.75, 3.05) is 13.2 Å². The van der Waals surface area contributed by atoms with Crippen molar-refractivity contribution < 1.29 is 37.9 Å². The van der Waals surface area contributed by atoms with Gasteiger partial charge in [0.1, 0.15) is 6.61 Å². The maximum atomic E-state index is 12.1. The summed E-state index contributed by atoms with van der Waals surface area (Å²) in [5.41, 5.74) is 0. The smallest absolute Gasteiger partial charge is 0.462 e. The zero-order valence-corrected chi connectivity index (χ0v) is 22.1. The normalized spacial score (nSPS) is 13.4. The molecule has 0 heterocycles. The van der Waals surface area contributed by atoms with E-state index in [1.807, 2.05) is 6.92 Å². The van der Waals surface area contributed by atoms with Gasteiger partial charge in [0.2, 0.25) is 0 Å². The Morgan fingerprint density at radius 3 is 1.91 bits per heavy atom. The highest BCUT2D eigenvalue weighted by molar-refractivity contribution is 7.46. The van der Waals surface area contributed by atoms with Gasteiger partial charge in [0.05, 0.1) is 6.61 Å². The maximum Gasteiger partial charge on any atom is 0.469 e. The van der Waals surface area contributed by atoms with Gasteiger partial charge in [0, 0.05) is 12.8 Å². The van der Waals surface area contributed by atoms with E-state index in [9.17, 15) is 14.2 Å². The summed E-state index contributed by atoms with van der Waals surface area (Å²) in [5.74, 6) is -0.985. The minimum Gasteiger partial charge on any atom is -0.462 e. The van der Waals surface area contributed by atoms with Crippen LogP contribution in [0, 0.1) is 0 Å². The lowest BCUT2D eigenvalue weighted by Crippen LogP contribution is -2.29. The van der Waals surface area contributed by atoms with Gasteiger partial charge in [-0.2, -0.15) is 0 Å². The largest absolute Gasteiger partial charge is 0.469 e. The third-order valence-electron chi connectivity index (χ3n) is 4.61. The van der Waals surface area contributed by atoms with Gasteiger partial charge in [0.25, 0.3) is 0 Å². The first-order valence-electron chi connectivity index (χ1n) is 12.4. The van der Waals surface area contributed by atoms with Crippen molar-refractivity contribution in [3.63, 3.8) is 0 Å². The fourth-order valence-electron chi connectivity index (χ4n) is 2.75. The number of carbonyl (C=O) groups excluding carboxylic acids is 2. The number of carbonyl (C=O) groups is 2. The number of hydrogen-bond donors (Lipinski definition) is 2. The molecular weight excluding hydrogens is 471 g/mol. The third-order valence-corrected chi connectivity index (χ3v) is 5.10. The van der Waals surface area contributed by atoms with E-state index in [0.717, 1.165) is 44.9 Å². The zero-order valence-electron chi connectivity index (χ0n) is 21.2. The first-order valence-corrected chi connectivity index (χ1v) is 14.0. The number of ether oxygens (including phenoxy) is 2. The average molecular weight is 515 g/mol. The molecule has 0 aliphatic carbocycles. The van der Waals surface area contributed by atoms with Crippen LogP contribution in [0.15, 0.2) is 48.6 Å². The number of esters is 2. The van der Waals surface area contributed by atoms with Crippen LogP contribution >= 0.6 is 7.82 Å². The molecule has 1 atom stereocenters. The van der Waals surface area contributed by atoms with Crippen LogP contribution in [0.3, 0.4) is 0 Å². The van der Waals surface area contributed by atoms with Gasteiger partial charge in [-0.3, -0.25) is 14.1 Å². The van der Waals surface area contributed by atoms with E-state index in [0.29, 0.717) is 12.8 Å². The summed E-state index contributed by atoms with van der Waals surface area (Å²) in [6, 6.07) is 0. The summed E-state index contributed by atoms with van der Waals surface area (Å²) in [7, 11) is -4.73. The van der Waals surface area contributed by atoms with Gasteiger partial charge in [-0.25, -0.2) is 4.57 Å². The molecule has 1 unspecified atom stereocenters. The molecule has 0 aromatic carbocycles. The van der Waals surface area contributed by atoms with Gasteiger partial charge in [-0.05, 0) is 51.4 Å². The SMILES string of the molecule is CC/C=C\C/C=C\C/C=C\C/C=C\CCCCC(=O)OC(COC(=O)CCCC)COP(=O)(O)O. The molecule has 0 aromatic rings. The van der Waals surface area contributed by atoms with Crippen LogP contribution in [-0.2, 0) is 28.2 Å². The third kappa shape index (κ3) is 24.9. The number of phosphoric acid groups is 1. The summed E-state index contributed by atoms with van der Waals surface area (Å²) in [6.07, 6.45) is 23.9. The number of allylic oxidation sites excluding steroid dienone is 8. The van der Waals surface area contributed by atoms with Crippen molar-refractivity contribution in [3.05, 3.63) is 48.6 Å². The Hall–Kier alpha value is -1.99. The van der Waals surface area contributed by atoms with Crippen LogP contribution in [0.2, 0.25) is 0 Å². The van der Waals surface area contributed by atoms with Gasteiger partial charge in [0.15, 0.2) is 6.10 Å². The van der Waals surface area contributed by atoms with Crippen molar-refractivity contribution in [2.24, 2.45) is 0 Å². The van der Waals surface area contributed by atoms with Crippen LogP contribution in [0.4, 0.5) is 0 Å². The van der Waals surface area contributed by atoms with E-state index in [2.05, 4.69) is 60.1 Å². The number of hydrogen-bond acceptors (Lipinski definition) is 6. The van der Waals surface area contributed by atoms with E-state index in [-0.39, 0.29) is 19.4 Å². The molecule has 0 bridgehead atoms. The lowest BCUT2D eigenvalue weighted by Gasteiger charge is -2.18. The summed E-state index contributed by atoms with van der Waals surface area (Å²) >= 11 is 0. The summed E-state index contributed by atoms with van der Waals surface area (Å²) in [6.45, 7) is 3.19. The van der Waals surface area contributed by atoms with Crippen LogP contribution < -0.4 is 0 Å². The summed E-state index contributed by atoms with van der Waals surface area (Å²) in [4.78, 5) is 41.5. The average Bonchev–Trinajstić information content (AvgIpc) is 2.81. The molecule has 0 radical (unpaired) electrons. The predicted octanol–water partition coefficient (Wildman–Crippen LogP) is 6.11. The molecule has 2 N–H and O–H groups in total. The molecule has 9 heteroatoms. The van der Waals surface area contributed by atoms with Crippen molar-refractivity contribution in [3.8, 4) is 0 Å².